The van der Waals surface area contributed by atoms with Crippen LogP contribution in [0.3, 0.4) is 0 Å². The molecule has 0 aliphatic rings. The van der Waals surface area contributed by atoms with Crippen molar-refractivity contribution in [2.24, 2.45) is 0 Å². The minimum Gasteiger partial charge on any atom is -0.318 e. The van der Waals surface area contributed by atoms with E-state index in [-0.39, 0.29) is 0 Å². The number of hydrogen-bond acceptors (Lipinski definition) is 3. The average Bonchev–Trinajstić information content (AvgIpc) is 2.34. The molecule has 1 N–H and O–H groups in total. The molecule has 0 heterocycles. The maximum atomic E-state index is 3.17. The minimum absolute atomic E-state index is 1.06. The SMILES string of the molecule is CNCCN(C)CCc1ccc(SC)cc1. The molecule has 1 rings (SSSR count). The largest absolute Gasteiger partial charge is 0.318 e. The Bertz CT molecular complexity index is 284. The topological polar surface area (TPSA) is 15.3 Å². The van der Waals surface area contributed by atoms with E-state index in [0.717, 1.165) is 26.1 Å². The number of rotatable bonds is 7. The van der Waals surface area contributed by atoms with Gasteiger partial charge in [-0.25, -0.2) is 0 Å². The first-order valence-electron chi connectivity index (χ1n) is 5.72. The quantitative estimate of drug-likeness (QED) is 0.732. The van der Waals surface area contributed by atoms with E-state index in [4.69, 9.17) is 0 Å². The van der Waals surface area contributed by atoms with Crippen LogP contribution in [0.25, 0.3) is 0 Å². The van der Waals surface area contributed by atoms with Crippen LogP contribution < -0.4 is 5.32 Å². The predicted molar refractivity (Wildman–Crippen MR) is 73.4 cm³/mol. The Hall–Kier alpha value is -0.510. The van der Waals surface area contributed by atoms with Gasteiger partial charge in [-0.2, -0.15) is 0 Å². The van der Waals surface area contributed by atoms with Gasteiger partial charge in [-0.3, -0.25) is 0 Å². The van der Waals surface area contributed by atoms with Crippen LogP contribution in [0.5, 0.6) is 0 Å². The number of thioether (sulfide) groups is 1. The fraction of sp³-hybridized carbons (Fsp3) is 0.538. The van der Waals surface area contributed by atoms with E-state index in [1.54, 1.807) is 11.8 Å². The van der Waals surface area contributed by atoms with Crippen LogP contribution in [-0.2, 0) is 6.42 Å². The van der Waals surface area contributed by atoms with Crippen molar-refractivity contribution in [1.29, 1.82) is 0 Å². The Morgan fingerprint density at radius 2 is 1.88 bits per heavy atom. The van der Waals surface area contributed by atoms with E-state index >= 15 is 0 Å². The van der Waals surface area contributed by atoms with Gasteiger partial charge >= 0.3 is 0 Å². The summed E-state index contributed by atoms with van der Waals surface area (Å²) in [5, 5.41) is 3.17. The summed E-state index contributed by atoms with van der Waals surface area (Å²) in [5.74, 6) is 0. The Labute approximate surface area is 103 Å². The minimum atomic E-state index is 1.06. The van der Waals surface area contributed by atoms with E-state index in [9.17, 15) is 0 Å². The van der Waals surface area contributed by atoms with E-state index < -0.39 is 0 Å². The lowest BCUT2D eigenvalue weighted by molar-refractivity contribution is 0.339. The molecule has 0 bridgehead atoms. The van der Waals surface area contributed by atoms with Gasteiger partial charge in [0, 0.05) is 24.5 Å². The number of hydrogen-bond donors (Lipinski definition) is 1. The standard InChI is InChI=1S/C13H22N2S/c1-14-9-11-15(2)10-8-12-4-6-13(16-3)7-5-12/h4-7,14H,8-11H2,1-3H3. The van der Waals surface area contributed by atoms with E-state index in [2.05, 4.69) is 47.8 Å². The van der Waals surface area contributed by atoms with Crippen molar-refractivity contribution in [2.45, 2.75) is 11.3 Å². The van der Waals surface area contributed by atoms with Crippen molar-refractivity contribution in [2.75, 3.05) is 40.0 Å². The smallest absolute Gasteiger partial charge is 0.0104 e. The average molecular weight is 238 g/mol. The van der Waals surface area contributed by atoms with Gasteiger partial charge in [0.05, 0.1) is 0 Å². The lowest BCUT2D eigenvalue weighted by Gasteiger charge is -2.16. The van der Waals surface area contributed by atoms with Gasteiger partial charge in [-0.05, 0) is 44.5 Å². The monoisotopic (exact) mass is 238 g/mol. The second kappa shape index (κ2) is 7.71. The number of likely N-dealkylation sites (N-methyl/N-ethyl adjacent to an activating group) is 2. The molecule has 0 saturated heterocycles. The van der Waals surface area contributed by atoms with Crippen molar-refractivity contribution in [3.8, 4) is 0 Å². The van der Waals surface area contributed by atoms with Gasteiger partial charge in [0.25, 0.3) is 0 Å². The normalized spacial score (nSPS) is 11.0. The highest BCUT2D eigenvalue weighted by atomic mass is 32.2. The Morgan fingerprint density at radius 3 is 2.44 bits per heavy atom. The zero-order valence-electron chi connectivity index (χ0n) is 10.5. The molecular weight excluding hydrogens is 216 g/mol. The Morgan fingerprint density at radius 1 is 1.19 bits per heavy atom. The molecule has 2 nitrogen and oxygen atoms in total. The molecule has 1 aromatic carbocycles. The highest BCUT2D eigenvalue weighted by Gasteiger charge is 1.99. The molecule has 1 aromatic rings. The van der Waals surface area contributed by atoms with Gasteiger partial charge in [0.1, 0.15) is 0 Å². The van der Waals surface area contributed by atoms with Crippen LogP contribution in [0.4, 0.5) is 0 Å². The van der Waals surface area contributed by atoms with Gasteiger partial charge in [0.2, 0.25) is 0 Å². The van der Waals surface area contributed by atoms with Crippen LogP contribution in [-0.4, -0.2) is 44.9 Å². The van der Waals surface area contributed by atoms with Crippen molar-refractivity contribution in [3.05, 3.63) is 29.8 Å². The Kier molecular flexibility index (Phi) is 6.53. The van der Waals surface area contributed by atoms with Gasteiger partial charge in [0.15, 0.2) is 0 Å². The van der Waals surface area contributed by atoms with Crippen molar-refractivity contribution < 1.29 is 0 Å². The maximum absolute atomic E-state index is 3.17. The highest BCUT2D eigenvalue weighted by molar-refractivity contribution is 7.98. The Balaban J connectivity index is 2.30. The number of nitrogens with one attached hydrogen (secondary N) is 1. The summed E-state index contributed by atoms with van der Waals surface area (Å²) in [6.45, 7) is 3.29. The van der Waals surface area contributed by atoms with Crippen molar-refractivity contribution >= 4 is 11.8 Å². The third-order valence-corrected chi connectivity index (χ3v) is 3.43. The third kappa shape index (κ3) is 5.01. The summed E-state index contributed by atoms with van der Waals surface area (Å²) in [4.78, 5) is 3.70. The highest BCUT2D eigenvalue weighted by Crippen LogP contribution is 2.15. The van der Waals surface area contributed by atoms with Crippen LogP contribution in [0.1, 0.15) is 5.56 Å². The van der Waals surface area contributed by atoms with Crippen LogP contribution in [0.15, 0.2) is 29.2 Å². The van der Waals surface area contributed by atoms with Crippen LogP contribution >= 0.6 is 11.8 Å². The summed E-state index contributed by atoms with van der Waals surface area (Å²) >= 11 is 1.79. The van der Waals surface area contributed by atoms with E-state index in [0.29, 0.717) is 0 Å². The molecule has 0 aromatic heterocycles. The van der Waals surface area contributed by atoms with Crippen molar-refractivity contribution in [1.82, 2.24) is 10.2 Å². The maximum Gasteiger partial charge on any atom is 0.0104 e. The van der Waals surface area contributed by atoms with Crippen LogP contribution in [0.2, 0.25) is 0 Å². The molecule has 90 valence electrons. The lowest BCUT2D eigenvalue weighted by atomic mass is 10.1. The van der Waals surface area contributed by atoms with Gasteiger partial charge < -0.3 is 10.2 Å². The zero-order valence-corrected chi connectivity index (χ0v) is 11.3. The molecule has 0 aliphatic carbocycles. The molecule has 0 amide bonds. The summed E-state index contributed by atoms with van der Waals surface area (Å²) in [6, 6.07) is 8.87. The van der Waals surface area contributed by atoms with Crippen LogP contribution in [0, 0.1) is 0 Å². The molecule has 0 radical (unpaired) electrons. The van der Waals surface area contributed by atoms with Crippen molar-refractivity contribution in [3.63, 3.8) is 0 Å². The second-order valence-electron chi connectivity index (χ2n) is 4.00. The molecule has 0 atom stereocenters. The summed E-state index contributed by atoms with van der Waals surface area (Å²) < 4.78 is 0. The van der Waals surface area contributed by atoms with Gasteiger partial charge in [-0.15, -0.1) is 11.8 Å². The van der Waals surface area contributed by atoms with E-state index in [1.807, 2.05) is 7.05 Å². The molecular formula is C13H22N2S. The summed E-state index contributed by atoms with van der Waals surface area (Å²) in [6.07, 6.45) is 3.25. The first-order valence-corrected chi connectivity index (χ1v) is 6.95. The van der Waals surface area contributed by atoms with Gasteiger partial charge in [-0.1, -0.05) is 12.1 Å². The predicted octanol–water partition coefficient (Wildman–Crippen LogP) is 2.10. The number of nitrogens with zero attached hydrogens (tertiary/aromatic N) is 1. The molecule has 0 spiro atoms. The first kappa shape index (κ1) is 13.6. The summed E-state index contributed by atoms with van der Waals surface area (Å²) in [5.41, 5.74) is 1.43. The molecule has 16 heavy (non-hydrogen) atoms. The third-order valence-electron chi connectivity index (χ3n) is 2.68. The fourth-order valence-electron chi connectivity index (χ4n) is 1.53. The number of benzene rings is 1. The molecule has 0 fully saturated rings. The molecule has 0 saturated carbocycles. The second-order valence-corrected chi connectivity index (χ2v) is 4.88. The molecule has 3 heteroatoms. The lowest BCUT2D eigenvalue weighted by Crippen LogP contribution is -2.29. The first-order chi connectivity index (χ1) is 7.76. The fourth-order valence-corrected chi connectivity index (χ4v) is 1.93. The molecule has 0 unspecified atom stereocenters. The molecule has 0 aliphatic heterocycles. The van der Waals surface area contributed by atoms with E-state index in [1.165, 1.54) is 10.5 Å². The zero-order chi connectivity index (χ0) is 11.8. The summed E-state index contributed by atoms with van der Waals surface area (Å²) in [7, 11) is 4.17.